The Labute approximate surface area is 181 Å². The molecular weight excluding hydrogens is 392 g/mol. The molecule has 2 amide bonds. The van der Waals surface area contributed by atoms with Gasteiger partial charge in [0, 0.05) is 6.42 Å². The molecule has 2 N–H and O–H groups in total. The van der Waals surface area contributed by atoms with E-state index >= 15 is 0 Å². The van der Waals surface area contributed by atoms with Gasteiger partial charge in [0.25, 0.3) is 0 Å². The molecule has 1 aromatic heterocycles. The summed E-state index contributed by atoms with van der Waals surface area (Å²) < 4.78 is 5.59. The molecule has 0 unspecified atom stereocenters. The first-order chi connectivity index (χ1) is 14.7. The van der Waals surface area contributed by atoms with Crippen LogP contribution >= 0.6 is 0 Å². The molecule has 4 rings (SSSR count). The number of nitrogens with zero attached hydrogens (tertiary/aromatic N) is 2. The predicted octanol–water partition coefficient (Wildman–Crippen LogP) is 4.10. The number of hydrogen-bond donors (Lipinski definition) is 2. The summed E-state index contributed by atoms with van der Waals surface area (Å²) in [6, 6.07) is 14.6. The zero-order chi connectivity index (χ0) is 22.2. The van der Waals surface area contributed by atoms with Gasteiger partial charge in [0.2, 0.25) is 5.91 Å². The van der Waals surface area contributed by atoms with Gasteiger partial charge in [0.1, 0.15) is 17.5 Å². The summed E-state index contributed by atoms with van der Waals surface area (Å²) in [5.41, 5.74) is 3.22. The van der Waals surface area contributed by atoms with Crippen LogP contribution in [-0.2, 0) is 22.5 Å². The second-order valence-corrected chi connectivity index (χ2v) is 8.97. The Kier molecular flexibility index (Phi) is 5.43. The van der Waals surface area contributed by atoms with E-state index in [4.69, 9.17) is 4.74 Å². The number of nitrogens with one attached hydrogen (secondary N) is 2. The number of imidazole rings is 1. The van der Waals surface area contributed by atoms with Crippen LogP contribution in [-0.4, -0.2) is 38.5 Å². The van der Waals surface area contributed by atoms with E-state index in [1.807, 2.05) is 76.2 Å². The van der Waals surface area contributed by atoms with Gasteiger partial charge in [0.15, 0.2) is 0 Å². The third-order valence-electron chi connectivity index (χ3n) is 5.36. The average molecular weight is 421 g/mol. The fourth-order valence-electron chi connectivity index (χ4n) is 3.83. The predicted molar refractivity (Wildman–Crippen MR) is 118 cm³/mol. The standard InChI is InChI=1S/C24H28N4O3/c1-15(21-26-18-11-7-8-12-19(18)27-21)25-22(29)20-13-16-9-5-6-10-17(16)14-28(20)23(30)31-24(2,3)4/h5-12,15,20H,13-14H2,1-4H3,(H,25,29)(H,26,27)/t15-,20+/m1/s1. The minimum Gasteiger partial charge on any atom is -0.444 e. The van der Waals surface area contributed by atoms with Crippen LogP contribution in [0, 0.1) is 0 Å². The number of amides is 2. The topological polar surface area (TPSA) is 87.3 Å². The third kappa shape index (κ3) is 4.55. The minimum absolute atomic E-state index is 0.228. The first-order valence-corrected chi connectivity index (χ1v) is 10.5. The van der Waals surface area contributed by atoms with E-state index in [-0.39, 0.29) is 11.9 Å². The summed E-state index contributed by atoms with van der Waals surface area (Å²) in [7, 11) is 0. The van der Waals surface area contributed by atoms with E-state index in [1.165, 1.54) is 4.90 Å². The Morgan fingerprint density at radius 1 is 1.13 bits per heavy atom. The summed E-state index contributed by atoms with van der Waals surface area (Å²) in [5, 5.41) is 3.02. The van der Waals surface area contributed by atoms with Crippen molar-refractivity contribution in [3.63, 3.8) is 0 Å². The lowest BCUT2D eigenvalue weighted by Gasteiger charge is -2.37. The third-order valence-corrected chi connectivity index (χ3v) is 5.36. The quantitative estimate of drug-likeness (QED) is 0.668. The SMILES string of the molecule is C[C@@H](NC(=O)[C@@H]1Cc2ccccc2CN1C(=O)OC(C)(C)C)c1nc2ccccc2[nH]1. The van der Waals surface area contributed by atoms with E-state index in [1.54, 1.807) is 0 Å². The number of para-hydroxylation sites is 2. The monoisotopic (exact) mass is 420 g/mol. The Morgan fingerprint density at radius 3 is 2.52 bits per heavy atom. The molecule has 0 fully saturated rings. The van der Waals surface area contributed by atoms with Crippen LogP contribution in [0.25, 0.3) is 11.0 Å². The van der Waals surface area contributed by atoms with Crippen molar-refractivity contribution in [1.82, 2.24) is 20.2 Å². The molecule has 0 radical (unpaired) electrons. The van der Waals surface area contributed by atoms with Gasteiger partial charge in [-0.15, -0.1) is 0 Å². The normalized spacial score (nSPS) is 17.2. The number of ether oxygens (including phenoxy) is 1. The fourth-order valence-corrected chi connectivity index (χ4v) is 3.83. The molecule has 3 aromatic rings. The van der Waals surface area contributed by atoms with Crippen molar-refractivity contribution in [3.8, 4) is 0 Å². The molecule has 7 nitrogen and oxygen atoms in total. The molecule has 0 aliphatic carbocycles. The second-order valence-electron chi connectivity index (χ2n) is 8.97. The molecule has 0 spiro atoms. The Morgan fingerprint density at radius 2 is 1.81 bits per heavy atom. The maximum Gasteiger partial charge on any atom is 0.411 e. The van der Waals surface area contributed by atoms with Gasteiger partial charge in [-0.25, -0.2) is 9.78 Å². The van der Waals surface area contributed by atoms with Gasteiger partial charge in [-0.1, -0.05) is 36.4 Å². The number of carbonyl (C=O) groups is 2. The van der Waals surface area contributed by atoms with E-state index in [2.05, 4.69) is 15.3 Å². The van der Waals surface area contributed by atoms with Crippen LogP contribution in [0.15, 0.2) is 48.5 Å². The number of aromatic nitrogens is 2. The van der Waals surface area contributed by atoms with E-state index in [0.29, 0.717) is 18.8 Å². The average Bonchev–Trinajstić information content (AvgIpc) is 3.16. The zero-order valence-electron chi connectivity index (χ0n) is 18.3. The molecular formula is C24H28N4O3. The van der Waals surface area contributed by atoms with Crippen molar-refractivity contribution in [1.29, 1.82) is 0 Å². The van der Waals surface area contributed by atoms with Crippen molar-refractivity contribution in [2.24, 2.45) is 0 Å². The van der Waals surface area contributed by atoms with Crippen LogP contribution in [0.5, 0.6) is 0 Å². The second kappa shape index (κ2) is 8.06. The molecule has 0 bridgehead atoms. The zero-order valence-corrected chi connectivity index (χ0v) is 18.3. The van der Waals surface area contributed by atoms with Gasteiger partial charge in [0.05, 0.1) is 23.6 Å². The number of H-pyrrole nitrogens is 1. The molecule has 7 heteroatoms. The molecule has 2 aromatic carbocycles. The highest BCUT2D eigenvalue weighted by Gasteiger charge is 2.37. The van der Waals surface area contributed by atoms with Gasteiger partial charge >= 0.3 is 6.09 Å². The first-order valence-electron chi connectivity index (χ1n) is 10.5. The van der Waals surface area contributed by atoms with E-state index in [0.717, 1.165) is 22.2 Å². The summed E-state index contributed by atoms with van der Waals surface area (Å²) in [5.74, 6) is 0.447. The lowest BCUT2D eigenvalue weighted by Crippen LogP contribution is -2.54. The van der Waals surface area contributed by atoms with Crippen LogP contribution in [0.4, 0.5) is 4.79 Å². The van der Waals surface area contributed by atoms with Crippen LogP contribution in [0.2, 0.25) is 0 Å². The maximum absolute atomic E-state index is 13.3. The maximum atomic E-state index is 13.3. The highest BCUT2D eigenvalue weighted by molar-refractivity contribution is 5.87. The van der Waals surface area contributed by atoms with Gasteiger partial charge in [-0.2, -0.15) is 0 Å². The molecule has 0 saturated heterocycles. The van der Waals surface area contributed by atoms with E-state index in [9.17, 15) is 9.59 Å². The molecule has 2 atom stereocenters. The summed E-state index contributed by atoms with van der Waals surface area (Å²) in [6.07, 6.45) is -0.0489. The molecule has 0 saturated carbocycles. The molecule has 1 aliphatic heterocycles. The Bertz CT molecular complexity index is 1080. The van der Waals surface area contributed by atoms with Crippen LogP contribution < -0.4 is 5.32 Å². The summed E-state index contributed by atoms with van der Waals surface area (Å²) in [6.45, 7) is 7.68. The number of fused-ring (bicyclic) bond motifs is 2. The van der Waals surface area contributed by atoms with Gasteiger partial charge in [-0.3, -0.25) is 9.69 Å². The van der Waals surface area contributed by atoms with Crippen LogP contribution in [0.1, 0.15) is 50.7 Å². The number of carbonyl (C=O) groups excluding carboxylic acids is 2. The van der Waals surface area contributed by atoms with Gasteiger partial charge in [-0.05, 0) is 51.0 Å². The molecule has 1 aliphatic rings. The largest absolute Gasteiger partial charge is 0.444 e. The van der Waals surface area contributed by atoms with Gasteiger partial charge < -0.3 is 15.0 Å². The highest BCUT2D eigenvalue weighted by atomic mass is 16.6. The number of rotatable bonds is 3. The number of hydrogen-bond acceptors (Lipinski definition) is 4. The first kappa shape index (κ1) is 20.9. The Hall–Kier alpha value is -3.35. The van der Waals surface area contributed by atoms with Crippen molar-refractivity contribution < 1.29 is 14.3 Å². The van der Waals surface area contributed by atoms with Crippen molar-refractivity contribution >= 4 is 23.0 Å². The van der Waals surface area contributed by atoms with Crippen LogP contribution in [0.3, 0.4) is 0 Å². The fraction of sp³-hybridized carbons (Fsp3) is 0.375. The molecule has 162 valence electrons. The lowest BCUT2D eigenvalue weighted by atomic mass is 9.93. The highest BCUT2D eigenvalue weighted by Crippen LogP contribution is 2.26. The van der Waals surface area contributed by atoms with Crippen molar-refractivity contribution in [3.05, 3.63) is 65.5 Å². The van der Waals surface area contributed by atoms with Crippen molar-refractivity contribution in [2.75, 3.05) is 0 Å². The van der Waals surface area contributed by atoms with E-state index < -0.39 is 17.7 Å². The smallest absolute Gasteiger partial charge is 0.411 e. The number of benzene rings is 2. The summed E-state index contributed by atoms with van der Waals surface area (Å²) >= 11 is 0. The summed E-state index contributed by atoms with van der Waals surface area (Å²) in [4.78, 5) is 35.6. The molecule has 31 heavy (non-hydrogen) atoms. The Balaban J connectivity index is 1.56. The number of aromatic amines is 1. The minimum atomic E-state index is -0.656. The molecule has 2 heterocycles. The van der Waals surface area contributed by atoms with Crippen molar-refractivity contribution in [2.45, 2.75) is 58.3 Å². The lowest BCUT2D eigenvalue weighted by molar-refractivity contribution is -0.127.